The minimum atomic E-state index is -4.48. The van der Waals surface area contributed by atoms with Gasteiger partial charge in [-0.05, 0) is 96.1 Å². The summed E-state index contributed by atoms with van der Waals surface area (Å²) in [5.41, 5.74) is 3.73. The lowest BCUT2D eigenvalue weighted by Gasteiger charge is -2.27. The topological polar surface area (TPSA) is 6.48 Å². The Kier molecular flexibility index (Phi) is 8.28. The van der Waals surface area contributed by atoms with Crippen molar-refractivity contribution in [1.29, 1.82) is 0 Å². The van der Waals surface area contributed by atoms with Crippen LogP contribution in [0.2, 0.25) is 0 Å². The molecule has 0 amide bonds. The van der Waals surface area contributed by atoms with E-state index in [4.69, 9.17) is 0 Å². The highest BCUT2D eigenvalue weighted by Crippen LogP contribution is 2.41. The van der Waals surface area contributed by atoms with Crippen LogP contribution in [0.1, 0.15) is 11.1 Å². The van der Waals surface area contributed by atoms with Crippen LogP contribution in [0.15, 0.2) is 158 Å². The molecule has 0 bridgehead atoms. The van der Waals surface area contributed by atoms with E-state index < -0.39 is 23.5 Å². The molecule has 6 aromatic rings. The predicted molar refractivity (Wildman–Crippen MR) is 171 cm³/mol. The monoisotopic (exact) mass is 624 g/mol. The number of nitrogens with zero attached hydrogens (tertiary/aromatic N) is 2. The van der Waals surface area contributed by atoms with Gasteiger partial charge in [-0.25, -0.2) is 0 Å². The van der Waals surface area contributed by atoms with Crippen molar-refractivity contribution >= 4 is 34.1 Å². The van der Waals surface area contributed by atoms with E-state index in [0.29, 0.717) is 34.1 Å². The smallest absolute Gasteiger partial charge is 0.310 e. The Hall–Kier alpha value is -5.50. The van der Waals surface area contributed by atoms with Crippen LogP contribution in [0.4, 0.5) is 60.5 Å². The van der Waals surface area contributed by atoms with Crippen LogP contribution in [0.3, 0.4) is 0 Å². The van der Waals surface area contributed by atoms with E-state index in [1.54, 1.807) is 21.9 Å². The first-order valence-corrected chi connectivity index (χ1v) is 14.3. The molecular formula is C38H26F6N2. The lowest BCUT2D eigenvalue weighted by molar-refractivity contribution is -0.138. The Bertz CT molecular complexity index is 1760. The first kappa shape index (κ1) is 30.5. The molecular weight excluding hydrogens is 598 g/mol. The van der Waals surface area contributed by atoms with E-state index in [1.807, 2.05) is 109 Å². The van der Waals surface area contributed by atoms with Crippen LogP contribution in [0, 0.1) is 0 Å². The van der Waals surface area contributed by atoms with Gasteiger partial charge < -0.3 is 9.80 Å². The van der Waals surface area contributed by atoms with Gasteiger partial charge in [-0.15, -0.1) is 0 Å². The van der Waals surface area contributed by atoms with Gasteiger partial charge in [0.05, 0.1) is 11.1 Å². The number of para-hydroxylation sites is 2. The first-order chi connectivity index (χ1) is 22.1. The van der Waals surface area contributed by atoms with Gasteiger partial charge in [-0.1, -0.05) is 72.8 Å². The SMILES string of the molecule is FC(F)(F)c1cccc(N(c2ccccc2)c2ccc(-c3ccc(N(c4ccccc4)c4cccc(C(F)(F)F)c4)cc3)cc2)c1. The van der Waals surface area contributed by atoms with Gasteiger partial charge in [0, 0.05) is 34.1 Å². The van der Waals surface area contributed by atoms with Crippen LogP contribution < -0.4 is 9.80 Å². The Labute approximate surface area is 262 Å². The maximum Gasteiger partial charge on any atom is 0.416 e. The second kappa shape index (κ2) is 12.5. The van der Waals surface area contributed by atoms with Crippen molar-refractivity contribution < 1.29 is 26.3 Å². The number of benzene rings is 6. The Morgan fingerprint density at radius 2 is 0.609 bits per heavy atom. The third kappa shape index (κ3) is 6.61. The molecule has 0 aliphatic carbocycles. The molecule has 6 rings (SSSR count). The van der Waals surface area contributed by atoms with Gasteiger partial charge in [0.1, 0.15) is 0 Å². The molecule has 0 radical (unpaired) electrons. The van der Waals surface area contributed by atoms with Crippen molar-refractivity contribution in [2.45, 2.75) is 12.4 Å². The molecule has 0 N–H and O–H groups in total. The number of alkyl halides is 6. The van der Waals surface area contributed by atoms with Gasteiger partial charge in [0.15, 0.2) is 0 Å². The van der Waals surface area contributed by atoms with Gasteiger partial charge in [0.2, 0.25) is 0 Å². The second-order valence-corrected chi connectivity index (χ2v) is 10.5. The summed E-state index contributed by atoms with van der Waals surface area (Å²) >= 11 is 0. The zero-order valence-corrected chi connectivity index (χ0v) is 24.2. The molecule has 0 atom stereocenters. The molecule has 8 heteroatoms. The number of hydrogen-bond donors (Lipinski definition) is 0. The van der Waals surface area contributed by atoms with Crippen molar-refractivity contribution in [1.82, 2.24) is 0 Å². The lowest BCUT2D eigenvalue weighted by atomic mass is 10.0. The fourth-order valence-corrected chi connectivity index (χ4v) is 5.30. The molecule has 46 heavy (non-hydrogen) atoms. The van der Waals surface area contributed by atoms with E-state index >= 15 is 0 Å². The highest BCUT2D eigenvalue weighted by molar-refractivity contribution is 5.81. The molecule has 0 heterocycles. The van der Waals surface area contributed by atoms with E-state index in [0.717, 1.165) is 35.4 Å². The molecule has 0 saturated heterocycles. The fraction of sp³-hybridized carbons (Fsp3) is 0.0526. The van der Waals surface area contributed by atoms with Crippen LogP contribution in [0.25, 0.3) is 11.1 Å². The van der Waals surface area contributed by atoms with E-state index in [-0.39, 0.29) is 0 Å². The molecule has 0 fully saturated rings. The van der Waals surface area contributed by atoms with E-state index in [2.05, 4.69) is 0 Å². The Balaban J connectivity index is 1.33. The summed E-state index contributed by atoms with van der Waals surface area (Å²) in [6, 6.07) is 43.6. The molecule has 0 aliphatic heterocycles. The summed E-state index contributed by atoms with van der Waals surface area (Å²) in [5.74, 6) is 0. The normalized spacial score (nSPS) is 11.7. The Morgan fingerprint density at radius 1 is 0.304 bits per heavy atom. The quantitative estimate of drug-likeness (QED) is 0.163. The largest absolute Gasteiger partial charge is 0.416 e. The molecule has 6 aromatic carbocycles. The average molecular weight is 625 g/mol. The third-order valence-corrected chi connectivity index (χ3v) is 7.48. The summed E-state index contributed by atoms with van der Waals surface area (Å²) in [6.07, 6.45) is -8.96. The number of hydrogen-bond acceptors (Lipinski definition) is 2. The standard InChI is InChI=1S/C38H26F6N2/c39-37(40,41)29-9-7-15-35(25-29)45(31-11-3-1-4-12-31)33-21-17-27(18-22-33)28-19-23-34(24-20-28)46(32-13-5-2-6-14-32)36-16-8-10-30(26-36)38(42,43)44/h1-26H. The number of rotatable bonds is 7. The highest BCUT2D eigenvalue weighted by Gasteiger charge is 2.32. The van der Waals surface area contributed by atoms with Crippen LogP contribution in [-0.2, 0) is 12.4 Å². The van der Waals surface area contributed by atoms with Crippen molar-refractivity contribution in [3.8, 4) is 11.1 Å². The minimum Gasteiger partial charge on any atom is -0.310 e. The van der Waals surface area contributed by atoms with Crippen molar-refractivity contribution in [2.24, 2.45) is 0 Å². The van der Waals surface area contributed by atoms with Gasteiger partial charge >= 0.3 is 12.4 Å². The van der Waals surface area contributed by atoms with Gasteiger partial charge in [-0.2, -0.15) is 26.3 Å². The maximum absolute atomic E-state index is 13.5. The molecule has 230 valence electrons. The van der Waals surface area contributed by atoms with E-state index in [9.17, 15) is 26.3 Å². The zero-order valence-electron chi connectivity index (χ0n) is 24.2. The van der Waals surface area contributed by atoms with Crippen molar-refractivity contribution in [3.63, 3.8) is 0 Å². The second-order valence-electron chi connectivity index (χ2n) is 10.5. The van der Waals surface area contributed by atoms with E-state index in [1.165, 1.54) is 12.1 Å². The minimum absolute atomic E-state index is 0.369. The zero-order chi connectivity index (χ0) is 32.3. The highest BCUT2D eigenvalue weighted by atomic mass is 19.4. The molecule has 0 saturated carbocycles. The summed E-state index contributed by atoms with van der Waals surface area (Å²) in [5, 5.41) is 0. The number of anilines is 6. The maximum atomic E-state index is 13.5. The molecule has 0 aliphatic rings. The van der Waals surface area contributed by atoms with Gasteiger partial charge in [0.25, 0.3) is 0 Å². The van der Waals surface area contributed by atoms with Crippen molar-refractivity contribution in [3.05, 3.63) is 169 Å². The molecule has 0 spiro atoms. The van der Waals surface area contributed by atoms with Crippen LogP contribution >= 0.6 is 0 Å². The molecule has 2 nitrogen and oxygen atoms in total. The van der Waals surface area contributed by atoms with Crippen molar-refractivity contribution in [2.75, 3.05) is 9.80 Å². The average Bonchev–Trinajstić information content (AvgIpc) is 3.06. The summed E-state index contributed by atoms with van der Waals surface area (Å²) in [4.78, 5) is 3.52. The lowest BCUT2D eigenvalue weighted by Crippen LogP contribution is -2.12. The van der Waals surface area contributed by atoms with Crippen LogP contribution in [0.5, 0.6) is 0 Å². The predicted octanol–water partition coefficient (Wildman–Crippen LogP) is 12.3. The fourth-order valence-electron chi connectivity index (χ4n) is 5.30. The number of halogens is 6. The summed E-state index contributed by atoms with van der Waals surface area (Å²) in [7, 11) is 0. The summed E-state index contributed by atoms with van der Waals surface area (Å²) < 4.78 is 81.3. The summed E-state index contributed by atoms with van der Waals surface area (Å²) in [6.45, 7) is 0. The molecule has 0 unspecified atom stereocenters. The molecule has 0 aromatic heterocycles. The van der Waals surface area contributed by atoms with Crippen LogP contribution in [-0.4, -0.2) is 0 Å². The Morgan fingerprint density at radius 3 is 0.935 bits per heavy atom. The third-order valence-electron chi connectivity index (χ3n) is 7.48. The first-order valence-electron chi connectivity index (χ1n) is 14.3. The van der Waals surface area contributed by atoms with Gasteiger partial charge in [-0.3, -0.25) is 0 Å².